The maximum atomic E-state index is 11.8. The lowest BCUT2D eigenvalue weighted by molar-refractivity contribution is 0.876. The summed E-state index contributed by atoms with van der Waals surface area (Å²) in [5, 5.41) is 0. The van der Waals surface area contributed by atoms with E-state index in [1.807, 2.05) is 6.92 Å². The first-order chi connectivity index (χ1) is 9.01. The molecule has 0 amide bonds. The fraction of sp³-hybridized carbons (Fsp3) is 0.333. The van der Waals surface area contributed by atoms with Crippen molar-refractivity contribution in [3.05, 3.63) is 61.2 Å². The first-order valence-corrected chi connectivity index (χ1v) is 7.14. The number of H-pyrrole nitrogens is 1. The standard InChI is InChI=1S/C15H17BrN2O/c1-4-12-14(16)15(19)18-13(17-12)8-11-6-5-9(2)10(3)7-11/h5-7H,4,8H2,1-3H3,(H,17,18,19). The number of nitrogens with zero attached hydrogens (tertiary/aromatic N) is 1. The van der Waals surface area contributed by atoms with Crippen LogP contribution in [-0.2, 0) is 12.8 Å². The van der Waals surface area contributed by atoms with E-state index in [2.05, 4.69) is 57.9 Å². The van der Waals surface area contributed by atoms with Crippen molar-refractivity contribution in [1.82, 2.24) is 9.97 Å². The summed E-state index contributed by atoms with van der Waals surface area (Å²) in [6, 6.07) is 6.32. The molecular weight excluding hydrogens is 304 g/mol. The highest BCUT2D eigenvalue weighted by atomic mass is 79.9. The van der Waals surface area contributed by atoms with Crippen LogP contribution in [0.25, 0.3) is 0 Å². The van der Waals surface area contributed by atoms with Gasteiger partial charge in [0.15, 0.2) is 0 Å². The molecule has 4 heteroatoms. The van der Waals surface area contributed by atoms with Crippen molar-refractivity contribution < 1.29 is 0 Å². The number of halogens is 1. The van der Waals surface area contributed by atoms with E-state index in [1.165, 1.54) is 11.1 Å². The van der Waals surface area contributed by atoms with Crippen LogP contribution in [0, 0.1) is 13.8 Å². The van der Waals surface area contributed by atoms with E-state index in [-0.39, 0.29) is 5.56 Å². The number of nitrogens with one attached hydrogen (secondary N) is 1. The molecule has 0 aliphatic heterocycles. The second-order valence-corrected chi connectivity index (χ2v) is 5.52. The second kappa shape index (κ2) is 5.70. The van der Waals surface area contributed by atoms with E-state index in [0.717, 1.165) is 17.7 Å². The zero-order chi connectivity index (χ0) is 14.0. The summed E-state index contributed by atoms with van der Waals surface area (Å²) in [4.78, 5) is 19.1. The second-order valence-electron chi connectivity index (χ2n) is 4.72. The van der Waals surface area contributed by atoms with Crippen LogP contribution in [0.2, 0.25) is 0 Å². The third kappa shape index (κ3) is 3.13. The van der Waals surface area contributed by atoms with Crippen molar-refractivity contribution in [3.63, 3.8) is 0 Å². The Morgan fingerprint density at radius 2 is 2.00 bits per heavy atom. The first kappa shape index (κ1) is 14.0. The average molecular weight is 321 g/mol. The average Bonchev–Trinajstić information content (AvgIpc) is 2.38. The SMILES string of the molecule is CCc1nc(Cc2ccc(C)c(C)c2)[nH]c(=O)c1Br. The van der Waals surface area contributed by atoms with Crippen molar-refractivity contribution in [2.75, 3.05) is 0 Å². The summed E-state index contributed by atoms with van der Waals surface area (Å²) in [6.07, 6.45) is 1.39. The van der Waals surface area contributed by atoms with Crippen LogP contribution >= 0.6 is 15.9 Å². The minimum atomic E-state index is -0.106. The van der Waals surface area contributed by atoms with Gasteiger partial charge in [-0.3, -0.25) is 4.79 Å². The highest BCUT2D eigenvalue weighted by molar-refractivity contribution is 9.10. The van der Waals surface area contributed by atoms with Gasteiger partial charge in [-0.15, -0.1) is 0 Å². The monoisotopic (exact) mass is 320 g/mol. The van der Waals surface area contributed by atoms with Crippen LogP contribution in [0.1, 0.15) is 35.1 Å². The predicted molar refractivity (Wildman–Crippen MR) is 80.7 cm³/mol. The Bertz CT molecular complexity index is 662. The minimum Gasteiger partial charge on any atom is -0.309 e. The van der Waals surface area contributed by atoms with Gasteiger partial charge in [0.2, 0.25) is 0 Å². The lowest BCUT2D eigenvalue weighted by Crippen LogP contribution is -2.15. The number of benzene rings is 1. The third-order valence-corrected chi connectivity index (χ3v) is 4.08. The third-order valence-electron chi connectivity index (χ3n) is 3.26. The van der Waals surface area contributed by atoms with Gasteiger partial charge in [0.1, 0.15) is 10.3 Å². The molecule has 0 radical (unpaired) electrons. The van der Waals surface area contributed by atoms with E-state index >= 15 is 0 Å². The smallest absolute Gasteiger partial charge is 0.265 e. The van der Waals surface area contributed by atoms with E-state index in [4.69, 9.17) is 0 Å². The highest BCUT2D eigenvalue weighted by Gasteiger charge is 2.08. The molecule has 3 nitrogen and oxygen atoms in total. The fourth-order valence-corrected chi connectivity index (χ4v) is 2.45. The topological polar surface area (TPSA) is 45.8 Å². The van der Waals surface area contributed by atoms with Crippen molar-refractivity contribution in [2.24, 2.45) is 0 Å². The van der Waals surface area contributed by atoms with Gasteiger partial charge in [0.25, 0.3) is 5.56 Å². The minimum absolute atomic E-state index is 0.106. The summed E-state index contributed by atoms with van der Waals surface area (Å²) in [6.45, 7) is 6.18. The largest absolute Gasteiger partial charge is 0.309 e. The molecule has 0 saturated carbocycles. The lowest BCUT2D eigenvalue weighted by Gasteiger charge is -2.07. The molecule has 0 unspecified atom stereocenters. The first-order valence-electron chi connectivity index (χ1n) is 6.35. The Kier molecular flexibility index (Phi) is 4.20. The van der Waals surface area contributed by atoms with Crippen molar-refractivity contribution in [1.29, 1.82) is 0 Å². The molecule has 0 saturated heterocycles. The summed E-state index contributed by atoms with van der Waals surface area (Å²) in [7, 11) is 0. The summed E-state index contributed by atoms with van der Waals surface area (Å²) in [5.41, 5.74) is 4.40. The molecule has 0 aliphatic rings. The van der Waals surface area contributed by atoms with Crippen molar-refractivity contribution >= 4 is 15.9 Å². The number of hydrogen-bond donors (Lipinski definition) is 1. The molecule has 2 aromatic rings. The molecule has 0 spiro atoms. The fourth-order valence-electron chi connectivity index (χ4n) is 1.98. The number of hydrogen-bond acceptors (Lipinski definition) is 2. The van der Waals surface area contributed by atoms with Gasteiger partial charge in [-0.1, -0.05) is 25.1 Å². The van der Waals surface area contributed by atoms with E-state index < -0.39 is 0 Å². The zero-order valence-corrected chi connectivity index (χ0v) is 13.0. The molecular formula is C15H17BrN2O. The molecule has 1 aromatic heterocycles. The van der Waals surface area contributed by atoms with Gasteiger partial charge >= 0.3 is 0 Å². The quantitative estimate of drug-likeness (QED) is 0.943. The Balaban J connectivity index is 2.35. The van der Waals surface area contributed by atoms with Crippen molar-refractivity contribution in [3.8, 4) is 0 Å². The molecule has 1 aromatic carbocycles. The zero-order valence-electron chi connectivity index (χ0n) is 11.4. The molecule has 1 N–H and O–H groups in total. The number of rotatable bonds is 3. The number of aromatic nitrogens is 2. The molecule has 100 valence electrons. The maximum absolute atomic E-state index is 11.8. The van der Waals surface area contributed by atoms with Crippen molar-refractivity contribution in [2.45, 2.75) is 33.6 Å². The van der Waals surface area contributed by atoms with E-state index in [1.54, 1.807) is 0 Å². The number of aryl methyl sites for hydroxylation is 3. The Morgan fingerprint density at radius 3 is 2.63 bits per heavy atom. The van der Waals surface area contributed by atoms with Crippen LogP contribution in [0.15, 0.2) is 27.5 Å². The Labute approximate surface area is 121 Å². The van der Waals surface area contributed by atoms with Gasteiger partial charge in [-0.25, -0.2) is 4.98 Å². The van der Waals surface area contributed by atoms with Gasteiger partial charge in [-0.05, 0) is 52.9 Å². The number of aromatic amines is 1. The van der Waals surface area contributed by atoms with Crippen LogP contribution in [0.5, 0.6) is 0 Å². The maximum Gasteiger partial charge on any atom is 0.265 e. The van der Waals surface area contributed by atoms with Crippen LogP contribution in [0.3, 0.4) is 0 Å². The normalized spacial score (nSPS) is 10.7. The van der Waals surface area contributed by atoms with E-state index in [9.17, 15) is 4.79 Å². The van der Waals surface area contributed by atoms with Crippen LogP contribution < -0.4 is 5.56 Å². The molecule has 2 rings (SSSR count). The summed E-state index contributed by atoms with van der Waals surface area (Å²) < 4.78 is 0.541. The summed E-state index contributed by atoms with van der Waals surface area (Å²) in [5.74, 6) is 0.716. The van der Waals surface area contributed by atoms with Gasteiger partial charge in [0, 0.05) is 6.42 Å². The van der Waals surface area contributed by atoms with E-state index in [0.29, 0.717) is 16.7 Å². The molecule has 0 atom stereocenters. The Morgan fingerprint density at radius 1 is 1.26 bits per heavy atom. The van der Waals surface area contributed by atoms with Gasteiger partial charge in [-0.2, -0.15) is 0 Å². The molecule has 0 aliphatic carbocycles. The molecule has 1 heterocycles. The van der Waals surface area contributed by atoms with Crippen LogP contribution in [-0.4, -0.2) is 9.97 Å². The van der Waals surface area contributed by atoms with Gasteiger partial charge in [0.05, 0.1) is 5.69 Å². The predicted octanol–water partition coefficient (Wildman–Crippen LogP) is 3.30. The van der Waals surface area contributed by atoms with Gasteiger partial charge < -0.3 is 4.98 Å². The lowest BCUT2D eigenvalue weighted by atomic mass is 10.0. The molecule has 0 bridgehead atoms. The van der Waals surface area contributed by atoms with Crippen LogP contribution in [0.4, 0.5) is 0 Å². The summed E-state index contributed by atoms with van der Waals surface area (Å²) >= 11 is 3.27. The molecule has 19 heavy (non-hydrogen) atoms. The Hall–Kier alpha value is -1.42. The molecule has 0 fully saturated rings. The highest BCUT2D eigenvalue weighted by Crippen LogP contribution is 2.14.